The third kappa shape index (κ3) is 3.16. The van der Waals surface area contributed by atoms with Gasteiger partial charge in [-0.1, -0.05) is 30.3 Å². The van der Waals surface area contributed by atoms with Crippen LogP contribution in [0.1, 0.15) is 5.56 Å². The Bertz CT molecular complexity index is 470. The Morgan fingerprint density at radius 3 is 2.78 bits per heavy atom. The number of hydrogen-bond acceptors (Lipinski definition) is 4. The van der Waals surface area contributed by atoms with E-state index in [1.807, 2.05) is 30.3 Å². The van der Waals surface area contributed by atoms with Gasteiger partial charge in [0.1, 0.15) is 0 Å². The Kier molecular flexibility index (Phi) is 4.46. The molecule has 1 aromatic heterocycles. The molecule has 0 amide bonds. The first-order valence-electron chi connectivity index (χ1n) is 5.88. The number of H-pyrrole nitrogens is 1. The van der Waals surface area contributed by atoms with Crippen LogP contribution in [-0.4, -0.2) is 39.7 Å². The van der Waals surface area contributed by atoms with E-state index < -0.39 is 6.10 Å². The molecule has 0 aliphatic rings. The van der Waals surface area contributed by atoms with Gasteiger partial charge in [-0.15, -0.1) is 0 Å². The van der Waals surface area contributed by atoms with Crippen LogP contribution >= 0.6 is 0 Å². The molecule has 0 radical (unpaired) electrons. The molecule has 5 heteroatoms. The zero-order valence-corrected chi connectivity index (χ0v) is 10.0. The van der Waals surface area contributed by atoms with Crippen molar-refractivity contribution in [1.29, 1.82) is 0 Å². The van der Waals surface area contributed by atoms with Gasteiger partial charge in [-0.25, -0.2) is 0 Å². The first kappa shape index (κ1) is 12.8. The van der Waals surface area contributed by atoms with Crippen LogP contribution in [0.5, 0.6) is 0 Å². The minimum atomic E-state index is -0.725. The van der Waals surface area contributed by atoms with Crippen LogP contribution < -0.4 is 5.32 Å². The zero-order valence-electron chi connectivity index (χ0n) is 10.0. The minimum absolute atomic E-state index is 0.232. The fourth-order valence-electron chi connectivity index (χ4n) is 1.74. The van der Waals surface area contributed by atoms with Gasteiger partial charge < -0.3 is 15.5 Å². The molecule has 1 aromatic carbocycles. The fraction of sp³-hybridized carbons (Fsp3) is 0.308. The van der Waals surface area contributed by atoms with E-state index in [1.165, 1.54) is 0 Å². The average molecular weight is 247 g/mol. The molecule has 18 heavy (non-hydrogen) atoms. The van der Waals surface area contributed by atoms with Crippen molar-refractivity contribution in [2.24, 2.45) is 0 Å². The van der Waals surface area contributed by atoms with Gasteiger partial charge in [-0.2, -0.15) is 5.10 Å². The van der Waals surface area contributed by atoms with Gasteiger partial charge in [0.25, 0.3) is 0 Å². The summed E-state index contributed by atoms with van der Waals surface area (Å²) in [6.45, 7) is 0.720. The quantitative estimate of drug-likeness (QED) is 0.600. The molecule has 1 atom stereocenters. The number of hydrogen-bond donors (Lipinski definition) is 4. The lowest BCUT2D eigenvalue weighted by Gasteiger charge is -2.09. The summed E-state index contributed by atoms with van der Waals surface area (Å²) in [5, 5.41) is 28.0. The van der Waals surface area contributed by atoms with Crippen molar-refractivity contribution in [3.63, 3.8) is 0 Å². The lowest BCUT2D eigenvalue weighted by Crippen LogP contribution is -2.28. The SMILES string of the molecule is OCC(O)CNCc1cn[nH]c1-c1ccccc1. The number of aromatic nitrogens is 2. The second-order valence-corrected chi connectivity index (χ2v) is 4.10. The molecule has 0 saturated heterocycles. The fourth-order valence-corrected chi connectivity index (χ4v) is 1.74. The number of rotatable bonds is 6. The minimum Gasteiger partial charge on any atom is -0.394 e. The van der Waals surface area contributed by atoms with E-state index in [1.54, 1.807) is 6.20 Å². The van der Waals surface area contributed by atoms with Crippen LogP contribution in [0.15, 0.2) is 36.5 Å². The summed E-state index contributed by atoms with van der Waals surface area (Å²) in [5.41, 5.74) is 3.09. The molecule has 96 valence electrons. The summed E-state index contributed by atoms with van der Waals surface area (Å²) < 4.78 is 0. The maximum absolute atomic E-state index is 9.24. The molecule has 1 heterocycles. The average Bonchev–Trinajstić information content (AvgIpc) is 2.88. The lowest BCUT2D eigenvalue weighted by atomic mass is 10.1. The molecular weight excluding hydrogens is 230 g/mol. The summed E-state index contributed by atoms with van der Waals surface area (Å²) in [6, 6.07) is 9.94. The third-order valence-corrected chi connectivity index (χ3v) is 2.69. The molecule has 0 bridgehead atoms. The van der Waals surface area contributed by atoms with E-state index >= 15 is 0 Å². The zero-order chi connectivity index (χ0) is 12.8. The highest BCUT2D eigenvalue weighted by Gasteiger charge is 2.07. The van der Waals surface area contributed by atoms with Gasteiger partial charge in [-0.05, 0) is 5.56 Å². The van der Waals surface area contributed by atoms with Crippen LogP contribution in [0.2, 0.25) is 0 Å². The van der Waals surface area contributed by atoms with E-state index in [0.717, 1.165) is 16.8 Å². The van der Waals surface area contributed by atoms with Gasteiger partial charge >= 0.3 is 0 Å². The van der Waals surface area contributed by atoms with Crippen molar-refractivity contribution in [1.82, 2.24) is 15.5 Å². The molecule has 4 N–H and O–H groups in total. The molecular formula is C13H17N3O2. The molecule has 2 aromatic rings. The second-order valence-electron chi connectivity index (χ2n) is 4.10. The predicted octanol–water partition coefficient (Wildman–Crippen LogP) is 0.519. The topological polar surface area (TPSA) is 81.2 Å². The number of aromatic amines is 1. The van der Waals surface area contributed by atoms with Gasteiger partial charge in [0.05, 0.1) is 24.6 Å². The number of nitrogens with zero attached hydrogens (tertiary/aromatic N) is 1. The van der Waals surface area contributed by atoms with Crippen LogP contribution in [-0.2, 0) is 6.54 Å². The largest absolute Gasteiger partial charge is 0.394 e. The van der Waals surface area contributed by atoms with E-state index in [0.29, 0.717) is 13.1 Å². The van der Waals surface area contributed by atoms with Crippen LogP contribution in [0.25, 0.3) is 11.3 Å². The normalized spacial score (nSPS) is 12.6. The van der Waals surface area contributed by atoms with Gasteiger partial charge in [-0.3, -0.25) is 5.10 Å². The van der Waals surface area contributed by atoms with Crippen molar-refractivity contribution in [3.05, 3.63) is 42.1 Å². The van der Waals surface area contributed by atoms with E-state index in [-0.39, 0.29) is 6.61 Å². The summed E-state index contributed by atoms with van der Waals surface area (Å²) in [7, 11) is 0. The third-order valence-electron chi connectivity index (χ3n) is 2.69. The van der Waals surface area contributed by atoms with Crippen molar-refractivity contribution in [3.8, 4) is 11.3 Å². The Morgan fingerprint density at radius 2 is 2.06 bits per heavy atom. The molecule has 1 unspecified atom stereocenters. The van der Waals surface area contributed by atoms with E-state index in [2.05, 4.69) is 15.5 Å². The van der Waals surface area contributed by atoms with Crippen LogP contribution in [0, 0.1) is 0 Å². The smallest absolute Gasteiger partial charge is 0.0895 e. The maximum Gasteiger partial charge on any atom is 0.0895 e. The number of benzene rings is 1. The Labute approximate surface area is 105 Å². The molecule has 0 aliphatic carbocycles. The summed E-state index contributed by atoms with van der Waals surface area (Å²) in [6.07, 6.45) is 1.04. The van der Waals surface area contributed by atoms with E-state index in [4.69, 9.17) is 5.11 Å². The van der Waals surface area contributed by atoms with Crippen LogP contribution in [0.3, 0.4) is 0 Å². The van der Waals surface area contributed by atoms with Gasteiger partial charge in [0, 0.05) is 18.7 Å². The molecule has 0 spiro atoms. The first-order valence-corrected chi connectivity index (χ1v) is 5.88. The van der Waals surface area contributed by atoms with E-state index in [9.17, 15) is 5.11 Å². The first-order chi connectivity index (χ1) is 8.81. The van der Waals surface area contributed by atoms with Crippen molar-refractivity contribution in [2.45, 2.75) is 12.6 Å². The lowest BCUT2D eigenvalue weighted by molar-refractivity contribution is 0.0942. The predicted molar refractivity (Wildman–Crippen MR) is 68.8 cm³/mol. The summed E-state index contributed by atoms with van der Waals surface area (Å²) in [4.78, 5) is 0. The maximum atomic E-state index is 9.24. The van der Waals surface area contributed by atoms with Crippen LogP contribution in [0.4, 0.5) is 0 Å². The van der Waals surface area contributed by atoms with Gasteiger partial charge in [0.2, 0.25) is 0 Å². The van der Waals surface area contributed by atoms with Crippen molar-refractivity contribution < 1.29 is 10.2 Å². The molecule has 0 aliphatic heterocycles. The monoisotopic (exact) mass is 247 g/mol. The highest BCUT2D eigenvalue weighted by atomic mass is 16.3. The second kappa shape index (κ2) is 6.30. The standard InChI is InChI=1S/C13H17N3O2/c17-9-12(18)8-14-6-11-7-15-16-13(11)10-4-2-1-3-5-10/h1-5,7,12,14,17-18H,6,8-9H2,(H,15,16). The summed E-state index contributed by atoms with van der Waals surface area (Å²) in [5.74, 6) is 0. The Morgan fingerprint density at radius 1 is 1.28 bits per heavy atom. The van der Waals surface area contributed by atoms with Crippen molar-refractivity contribution in [2.75, 3.05) is 13.2 Å². The molecule has 0 saturated carbocycles. The van der Waals surface area contributed by atoms with Crippen molar-refractivity contribution >= 4 is 0 Å². The van der Waals surface area contributed by atoms with Gasteiger partial charge in [0.15, 0.2) is 0 Å². The molecule has 0 fully saturated rings. The Hall–Kier alpha value is -1.69. The molecule has 5 nitrogen and oxygen atoms in total. The Balaban J connectivity index is 2.00. The highest BCUT2D eigenvalue weighted by molar-refractivity contribution is 5.62. The molecule has 2 rings (SSSR count). The number of aliphatic hydroxyl groups is 2. The summed E-state index contributed by atoms with van der Waals surface area (Å²) >= 11 is 0. The number of nitrogens with one attached hydrogen (secondary N) is 2. The number of aliphatic hydroxyl groups excluding tert-OH is 2. The highest BCUT2D eigenvalue weighted by Crippen LogP contribution is 2.20.